The van der Waals surface area contributed by atoms with Crippen molar-refractivity contribution in [3.8, 4) is 0 Å². The van der Waals surface area contributed by atoms with E-state index in [4.69, 9.17) is 5.73 Å². The zero-order valence-corrected chi connectivity index (χ0v) is 12.7. The Bertz CT molecular complexity index is 428. The van der Waals surface area contributed by atoms with Crippen LogP contribution < -0.4 is 5.73 Å². The number of nitrogens with zero attached hydrogens (tertiary/aromatic N) is 1. The van der Waals surface area contributed by atoms with E-state index in [-0.39, 0.29) is 11.9 Å². The van der Waals surface area contributed by atoms with Gasteiger partial charge in [-0.05, 0) is 24.1 Å². The number of hydrogen-bond acceptors (Lipinski definition) is 3. The molecule has 19 heavy (non-hydrogen) atoms. The summed E-state index contributed by atoms with van der Waals surface area (Å²) in [7, 11) is 0. The van der Waals surface area contributed by atoms with Crippen molar-refractivity contribution >= 4 is 11.8 Å². The second-order valence-electron chi connectivity index (χ2n) is 5.47. The summed E-state index contributed by atoms with van der Waals surface area (Å²) in [5.41, 5.74) is 7.63. The fourth-order valence-corrected chi connectivity index (χ4v) is 4.13. The Hall–Kier alpha value is -0.580. The fraction of sp³-hybridized carbons (Fsp3) is 0.600. The molecule has 0 saturated carbocycles. The van der Waals surface area contributed by atoms with Crippen molar-refractivity contribution in [3.05, 3.63) is 35.1 Å². The van der Waals surface area contributed by atoms with E-state index in [1.54, 1.807) is 13.0 Å². The third-order valence-electron chi connectivity index (χ3n) is 3.69. The summed E-state index contributed by atoms with van der Waals surface area (Å²) in [6.45, 7) is 8.86. The first-order valence-corrected chi connectivity index (χ1v) is 7.81. The predicted molar refractivity (Wildman–Crippen MR) is 81.0 cm³/mol. The molecule has 4 heteroatoms. The average molecular weight is 282 g/mol. The molecule has 0 amide bonds. The lowest BCUT2D eigenvalue weighted by atomic mass is 10.0. The highest BCUT2D eigenvalue weighted by Gasteiger charge is 2.28. The van der Waals surface area contributed by atoms with Crippen molar-refractivity contribution in [1.82, 2.24) is 4.90 Å². The Kier molecular flexibility index (Phi) is 4.87. The van der Waals surface area contributed by atoms with Gasteiger partial charge >= 0.3 is 0 Å². The lowest BCUT2D eigenvalue weighted by molar-refractivity contribution is 0.199. The Morgan fingerprint density at radius 3 is 2.53 bits per heavy atom. The maximum Gasteiger partial charge on any atom is 0.126 e. The topological polar surface area (TPSA) is 29.3 Å². The summed E-state index contributed by atoms with van der Waals surface area (Å²) in [6, 6.07) is 5.62. The van der Waals surface area contributed by atoms with Gasteiger partial charge in [-0.1, -0.05) is 26.0 Å². The molecule has 0 aromatic heterocycles. The van der Waals surface area contributed by atoms with Gasteiger partial charge in [0.25, 0.3) is 0 Å². The van der Waals surface area contributed by atoms with Crippen LogP contribution in [0.1, 0.15) is 31.0 Å². The minimum absolute atomic E-state index is 0.126. The first-order valence-electron chi connectivity index (χ1n) is 6.87. The molecule has 1 aliphatic heterocycles. The molecule has 0 spiro atoms. The third kappa shape index (κ3) is 3.50. The summed E-state index contributed by atoms with van der Waals surface area (Å²) in [5, 5.41) is 1.21. The minimum atomic E-state index is -0.136. The number of thioether (sulfide) groups is 1. The third-order valence-corrected chi connectivity index (χ3v) is 4.92. The van der Waals surface area contributed by atoms with Gasteiger partial charge in [0.2, 0.25) is 0 Å². The van der Waals surface area contributed by atoms with E-state index in [9.17, 15) is 4.39 Å². The number of benzene rings is 1. The summed E-state index contributed by atoms with van der Waals surface area (Å²) in [4.78, 5) is 2.40. The lowest BCUT2D eigenvalue weighted by Crippen LogP contribution is -2.44. The van der Waals surface area contributed by atoms with Crippen LogP contribution in [0, 0.1) is 12.7 Å². The van der Waals surface area contributed by atoms with E-state index >= 15 is 0 Å². The molecule has 1 heterocycles. The largest absolute Gasteiger partial charge is 0.329 e. The van der Waals surface area contributed by atoms with Crippen LogP contribution in [0.5, 0.6) is 0 Å². The molecule has 0 bridgehead atoms. The minimum Gasteiger partial charge on any atom is -0.329 e. The first kappa shape index (κ1) is 14.8. The number of halogens is 1. The van der Waals surface area contributed by atoms with Crippen LogP contribution in [0.3, 0.4) is 0 Å². The molecule has 3 atom stereocenters. The van der Waals surface area contributed by atoms with Gasteiger partial charge in [0, 0.05) is 36.2 Å². The van der Waals surface area contributed by atoms with Crippen LogP contribution in [0.25, 0.3) is 0 Å². The molecule has 1 fully saturated rings. The van der Waals surface area contributed by atoms with Crippen LogP contribution in [0.4, 0.5) is 4.39 Å². The molecule has 1 saturated heterocycles. The lowest BCUT2D eigenvalue weighted by Gasteiger charge is -2.39. The van der Waals surface area contributed by atoms with Gasteiger partial charge in [0.15, 0.2) is 0 Å². The monoisotopic (exact) mass is 282 g/mol. The van der Waals surface area contributed by atoms with Gasteiger partial charge in [0.05, 0.1) is 0 Å². The number of rotatable bonds is 3. The number of hydrogen-bond donors (Lipinski definition) is 1. The molecule has 106 valence electrons. The van der Waals surface area contributed by atoms with Gasteiger partial charge in [-0.3, -0.25) is 4.90 Å². The van der Waals surface area contributed by atoms with E-state index in [0.717, 1.165) is 18.7 Å². The molecule has 1 aromatic rings. The molecule has 0 aliphatic carbocycles. The van der Waals surface area contributed by atoms with Crippen molar-refractivity contribution in [2.45, 2.75) is 37.3 Å². The van der Waals surface area contributed by atoms with Crippen LogP contribution in [0.2, 0.25) is 0 Å². The summed E-state index contributed by atoms with van der Waals surface area (Å²) >= 11 is 2.02. The Morgan fingerprint density at radius 2 is 2.00 bits per heavy atom. The highest BCUT2D eigenvalue weighted by molar-refractivity contribution is 8.00. The molecule has 2 N–H and O–H groups in total. The molecule has 0 radical (unpaired) electrons. The molecule has 1 aliphatic rings. The average Bonchev–Trinajstić information content (AvgIpc) is 2.33. The van der Waals surface area contributed by atoms with E-state index < -0.39 is 0 Å². The van der Waals surface area contributed by atoms with Gasteiger partial charge in [-0.15, -0.1) is 0 Å². The van der Waals surface area contributed by atoms with Crippen molar-refractivity contribution in [3.63, 3.8) is 0 Å². The van der Waals surface area contributed by atoms with Crippen LogP contribution in [0.15, 0.2) is 18.2 Å². The fourth-order valence-electron chi connectivity index (χ4n) is 2.78. The second kappa shape index (κ2) is 6.25. The van der Waals surface area contributed by atoms with Gasteiger partial charge in [0.1, 0.15) is 5.82 Å². The van der Waals surface area contributed by atoms with Crippen molar-refractivity contribution in [1.29, 1.82) is 0 Å². The predicted octanol–water partition coefficient (Wildman–Crippen LogP) is 2.96. The summed E-state index contributed by atoms with van der Waals surface area (Å²) in [5.74, 6) is -0.136. The van der Waals surface area contributed by atoms with Crippen molar-refractivity contribution in [2.75, 3.05) is 19.6 Å². The highest BCUT2D eigenvalue weighted by Crippen LogP contribution is 2.31. The summed E-state index contributed by atoms with van der Waals surface area (Å²) < 4.78 is 13.7. The van der Waals surface area contributed by atoms with E-state index in [1.165, 1.54) is 0 Å². The van der Waals surface area contributed by atoms with Crippen molar-refractivity contribution in [2.24, 2.45) is 5.73 Å². The maximum absolute atomic E-state index is 13.7. The molecule has 2 nitrogen and oxygen atoms in total. The molecule has 1 aromatic carbocycles. The quantitative estimate of drug-likeness (QED) is 0.924. The number of aryl methyl sites for hydroxylation is 1. The SMILES string of the molecule is Cc1ccc(C(CN)N2CC(C)SC(C)C2)cc1F. The molecular formula is C15H23FN2S. The Labute approximate surface area is 119 Å². The van der Waals surface area contributed by atoms with Crippen molar-refractivity contribution < 1.29 is 4.39 Å². The smallest absolute Gasteiger partial charge is 0.126 e. The molecule has 3 unspecified atom stereocenters. The van der Waals surface area contributed by atoms with Gasteiger partial charge in [-0.2, -0.15) is 11.8 Å². The van der Waals surface area contributed by atoms with Gasteiger partial charge in [-0.25, -0.2) is 4.39 Å². The first-order chi connectivity index (χ1) is 9.01. The van der Waals surface area contributed by atoms with Gasteiger partial charge < -0.3 is 5.73 Å². The van der Waals surface area contributed by atoms with E-state index in [2.05, 4.69) is 18.7 Å². The zero-order chi connectivity index (χ0) is 14.0. The molecule has 2 rings (SSSR count). The highest BCUT2D eigenvalue weighted by atomic mass is 32.2. The van der Waals surface area contributed by atoms with Crippen LogP contribution >= 0.6 is 11.8 Å². The van der Waals surface area contributed by atoms with E-state index in [0.29, 0.717) is 22.6 Å². The number of nitrogens with two attached hydrogens (primary N) is 1. The molecular weight excluding hydrogens is 259 g/mol. The Balaban J connectivity index is 2.21. The zero-order valence-electron chi connectivity index (χ0n) is 11.9. The standard InChI is InChI=1S/C15H23FN2S/c1-10-4-5-13(6-14(10)16)15(7-17)18-8-11(2)19-12(3)9-18/h4-6,11-12,15H,7-9,17H2,1-3H3. The normalized spacial score (nSPS) is 26.4. The second-order valence-corrected chi connectivity index (χ2v) is 7.35. The van der Waals surface area contributed by atoms with Crippen LogP contribution in [-0.4, -0.2) is 35.0 Å². The summed E-state index contributed by atoms with van der Waals surface area (Å²) in [6.07, 6.45) is 0. The Morgan fingerprint density at radius 1 is 1.37 bits per heavy atom. The van der Waals surface area contributed by atoms with Crippen LogP contribution in [-0.2, 0) is 0 Å². The maximum atomic E-state index is 13.7. The van der Waals surface area contributed by atoms with E-state index in [1.807, 2.05) is 23.9 Å².